The van der Waals surface area contributed by atoms with E-state index in [1.165, 1.54) is 5.56 Å². The summed E-state index contributed by atoms with van der Waals surface area (Å²) < 4.78 is 0. The maximum Gasteiger partial charge on any atom is 0.163 e. The van der Waals surface area contributed by atoms with E-state index in [0.717, 1.165) is 24.0 Å². The van der Waals surface area contributed by atoms with Gasteiger partial charge in [-0.25, -0.2) is 0 Å². The van der Waals surface area contributed by atoms with E-state index in [1.54, 1.807) is 0 Å². The van der Waals surface area contributed by atoms with Gasteiger partial charge in [0.1, 0.15) is 0 Å². The van der Waals surface area contributed by atoms with Crippen LogP contribution in [0.5, 0.6) is 0 Å². The Bertz CT molecular complexity index is 364. The summed E-state index contributed by atoms with van der Waals surface area (Å²) in [5, 5.41) is 0. The Morgan fingerprint density at radius 3 is 2.73 bits per heavy atom. The van der Waals surface area contributed by atoms with Crippen LogP contribution in [0.25, 0.3) is 0 Å². The van der Waals surface area contributed by atoms with Gasteiger partial charge >= 0.3 is 0 Å². The molecule has 0 aliphatic carbocycles. The summed E-state index contributed by atoms with van der Waals surface area (Å²) in [5.74, 6) is 0.245. The van der Waals surface area contributed by atoms with Crippen LogP contribution in [0.15, 0.2) is 30.9 Å². The first-order chi connectivity index (χ1) is 7.15. The van der Waals surface area contributed by atoms with Crippen LogP contribution in [0.2, 0.25) is 0 Å². The predicted octanol–water partition coefficient (Wildman–Crippen LogP) is 3.84. The highest BCUT2D eigenvalue weighted by Gasteiger charge is 2.07. The topological polar surface area (TPSA) is 17.1 Å². The van der Waals surface area contributed by atoms with E-state index < -0.39 is 0 Å². The van der Waals surface area contributed by atoms with Crippen LogP contribution in [-0.2, 0) is 0 Å². The number of Topliss-reactive ketones (excluding diaryl/α,β-unsaturated/α-hetero) is 1. The fourth-order valence-corrected chi connectivity index (χ4v) is 1.67. The van der Waals surface area contributed by atoms with Crippen molar-refractivity contribution in [2.24, 2.45) is 0 Å². The zero-order valence-electron chi connectivity index (χ0n) is 9.55. The number of carbonyl (C=O) groups excluding carboxylic acids is 1. The van der Waals surface area contributed by atoms with Crippen molar-refractivity contribution >= 4 is 5.78 Å². The molecule has 0 atom stereocenters. The fourth-order valence-electron chi connectivity index (χ4n) is 1.67. The Hall–Kier alpha value is -1.37. The minimum atomic E-state index is 0.245. The third kappa shape index (κ3) is 3.35. The lowest BCUT2D eigenvalue weighted by Crippen LogP contribution is -2.01. The van der Waals surface area contributed by atoms with Gasteiger partial charge in [-0.3, -0.25) is 4.79 Å². The van der Waals surface area contributed by atoms with Crippen molar-refractivity contribution in [2.75, 3.05) is 0 Å². The number of carbonyl (C=O) groups is 1. The van der Waals surface area contributed by atoms with Crippen LogP contribution < -0.4 is 0 Å². The molecule has 0 amide bonds. The van der Waals surface area contributed by atoms with Gasteiger partial charge in [-0.1, -0.05) is 29.8 Å². The molecule has 0 aliphatic rings. The van der Waals surface area contributed by atoms with Crippen LogP contribution in [-0.4, -0.2) is 5.78 Å². The maximum absolute atomic E-state index is 11.8. The van der Waals surface area contributed by atoms with E-state index in [-0.39, 0.29) is 5.78 Å². The number of hydrogen-bond acceptors (Lipinski definition) is 1. The lowest BCUT2D eigenvalue weighted by molar-refractivity contribution is 0.0980. The van der Waals surface area contributed by atoms with E-state index in [1.807, 2.05) is 32.1 Å². The molecule has 0 spiro atoms. The van der Waals surface area contributed by atoms with Gasteiger partial charge in [0.2, 0.25) is 0 Å². The molecule has 0 heterocycles. The highest BCUT2D eigenvalue weighted by Crippen LogP contribution is 2.14. The maximum atomic E-state index is 11.8. The average molecular weight is 202 g/mol. The van der Waals surface area contributed by atoms with Crippen molar-refractivity contribution in [2.45, 2.75) is 33.1 Å². The molecule has 0 aliphatic heterocycles. The summed E-state index contributed by atoms with van der Waals surface area (Å²) in [7, 11) is 0. The predicted molar refractivity (Wildman–Crippen MR) is 64.3 cm³/mol. The Morgan fingerprint density at radius 2 is 2.13 bits per heavy atom. The second kappa shape index (κ2) is 5.50. The molecule has 15 heavy (non-hydrogen) atoms. The van der Waals surface area contributed by atoms with Crippen LogP contribution in [0.4, 0.5) is 0 Å². The van der Waals surface area contributed by atoms with E-state index >= 15 is 0 Å². The molecule has 1 aromatic carbocycles. The molecule has 0 saturated heterocycles. The Kier molecular flexibility index (Phi) is 4.29. The number of ketones is 1. The molecule has 1 heteroatoms. The molecular formula is C14H18O. The summed E-state index contributed by atoms with van der Waals surface area (Å²) in [6.07, 6.45) is 4.29. The first kappa shape index (κ1) is 11.7. The lowest BCUT2D eigenvalue weighted by Gasteiger charge is -2.05. The molecule has 0 bridgehead atoms. The zero-order valence-corrected chi connectivity index (χ0v) is 9.55. The molecule has 1 rings (SSSR count). The summed E-state index contributed by atoms with van der Waals surface area (Å²) in [6, 6.07) is 5.98. The van der Waals surface area contributed by atoms with E-state index in [9.17, 15) is 4.79 Å². The second-order valence-corrected chi connectivity index (χ2v) is 3.92. The van der Waals surface area contributed by atoms with Gasteiger partial charge in [0.15, 0.2) is 5.78 Å². The van der Waals surface area contributed by atoms with Crippen molar-refractivity contribution < 1.29 is 4.79 Å². The minimum absolute atomic E-state index is 0.245. The van der Waals surface area contributed by atoms with Gasteiger partial charge in [0.25, 0.3) is 0 Å². The normalized spacial score (nSPS) is 10.0. The Morgan fingerprint density at radius 1 is 1.40 bits per heavy atom. The Labute approximate surface area is 91.8 Å². The molecular weight excluding hydrogens is 184 g/mol. The number of hydrogen-bond donors (Lipinski definition) is 0. The minimum Gasteiger partial charge on any atom is -0.294 e. The van der Waals surface area contributed by atoms with Gasteiger partial charge in [0.05, 0.1) is 0 Å². The molecule has 0 N–H and O–H groups in total. The van der Waals surface area contributed by atoms with Crippen molar-refractivity contribution in [1.29, 1.82) is 0 Å². The SMILES string of the molecule is C=CCCCC(=O)c1ccc(C)cc1C. The summed E-state index contributed by atoms with van der Waals surface area (Å²) >= 11 is 0. The van der Waals surface area contributed by atoms with Crippen molar-refractivity contribution in [3.8, 4) is 0 Å². The van der Waals surface area contributed by atoms with E-state index in [2.05, 4.69) is 12.6 Å². The van der Waals surface area contributed by atoms with Crippen molar-refractivity contribution in [3.63, 3.8) is 0 Å². The van der Waals surface area contributed by atoms with Crippen molar-refractivity contribution in [3.05, 3.63) is 47.5 Å². The van der Waals surface area contributed by atoms with E-state index in [0.29, 0.717) is 6.42 Å². The van der Waals surface area contributed by atoms with Crippen LogP contribution in [0.3, 0.4) is 0 Å². The number of allylic oxidation sites excluding steroid dienone is 1. The highest BCUT2D eigenvalue weighted by molar-refractivity contribution is 5.97. The molecule has 0 radical (unpaired) electrons. The second-order valence-electron chi connectivity index (χ2n) is 3.92. The first-order valence-corrected chi connectivity index (χ1v) is 5.36. The standard InChI is InChI=1S/C14H18O/c1-4-5-6-7-14(15)13-9-8-11(2)10-12(13)3/h4,8-10H,1,5-7H2,2-3H3. The van der Waals surface area contributed by atoms with Gasteiger partial charge in [-0.2, -0.15) is 0 Å². The molecule has 0 aromatic heterocycles. The van der Waals surface area contributed by atoms with Gasteiger partial charge in [-0.15, -0.1) is 6.58 Å². The largest absolute Gasteiger partial charge is 0.294 e. The smallest absolute Gasteiger partial charge is 0.163 e. The highest BCUT2D eigenvalue weighted by atomic mass is 16.1. The quantitative estimate of drug-likeness (QED) is 0.403. The molecule has 1 aromatic rings. The number of rotatable bonds is 5. The number of benzene rings is 1. The van der Waals surface area contributed by atoms with Crippen LogP contribution >= 0.6 is 0 Å². The fraction of sp³-hybridized carbons (Fsp3) is 0.357. The molecule has 0 fully saturated rings. The molecule has 0 saturated carbocycles. The number of aryl methyl sites for hydroxylation is 2. The Balaban J connectivity index is 2.69. The monoisotopic (exact) mass is 202 g/mol. The molecule has 0 unspecified atom stereocenters. The summed E-state index contributed by atoms with van der Waals surface area (Å²) in [4.78, 5) is 11.8. The van der Waals surface area contributed by atoms with Gasteiger partial charge in [-0.05, 0) is 32.3 Å². The number of unbranched alkanes of at least 4 members (excludes halogenated alkanes) is 1. The third-order valence-electron chi connectivity index (χ3n) is 2.49. The van der Waals surface area contributed by atoms with Gasteiger partial charge in [0, 0.05) is 12.0 Å². The average Bonchev–Trinajstić information content (AvgIpc) is 2.17. The first-order valence-electron chi connectivity index (χ1n) is 5.36. The van der Waals surface area contributed by atoms with Crippen LogP contribution in [0.1, 0.15) is 40.7 Å². The van der Waals surface area contributed by atoms with Gasteiger partial charge < -0.3 is 0 Å². The lowest BCUT2D eigenvalue weighted by atomic mass is 9.99. The third-order valence-corrected chi connectivity index (χ3v) is 2.49. The van der Waals surface area contributed by atoms with E-state index in [4.69, 9.17) is 0 Å². The summed E-state index contributed by atoms with van der Waals surface area (Å²) in [6.45, 7) is 7.68. The van der Waals surface area contributed by atoms with Crippen LogP contribution in [0, 0.1) is 13.8 Å². The zero-order chi connectivity index (χ0) is 11.3. The van der Waals surface area contributed by atoms with Crippen molar-refractivity contribution in [1.82, 2.24) is 0 Å². The summed E-state index contributed by atoms with van der Waals surface area (Å²) in [5.41, 5.74) is 3.15. The molecule has 80 valence electrons. The molecule has 1 nitrogen and oxygen atoms in total.